The van der Waals surface area contributed by atoms with Crippen molar-refractivity contribution in [1.82, 2.24) is 10.3 Å². The number of nitro benzene ring substituents is 1. The van der Waals surface area contributed by atoms with Crippen molar-refractivity contribution in [3.8, 4) is 11.5 Å². The lowest BCUT2D eigenvalue weighted by molar-refractivity contribution is -0.384. The lowest BCUT2D eigenvalue weighted by Gasteiger charge is -2.16. The van der Waals surface area contributed by atoms with E-state index in [1.165, 1.54) is 18.2 Å². The first-order chi connectivity index (χ1) is 14.5. The Hall–Kier alpha value is -3.94. The number of non-ortho nitro benzene ring substituents is 1. The number of nitrogens with one attached hydrogen (secondary N) is 1. The molecule has 0 aliphatic heterocycles. The first-order valence-corrected chi connectivity index (χ1v) is 9.30. The Kier molecular flexibility index (Phi) is 6.94. The van der Waals surface area contributed by atoms with Crippen LogP contribution in [0.5, 0.6) is 11.5 Å². The van der Waals surface area contributed by atoms with E-state index >= 15 is 0 Å². The van der Waals surface area contributed by atoms with E-state index in [4.69, 9.17) is 9.47 Å². The molecular formula is C22H21N3O5. The van der Waals surface area contributed by atoms with Crippen LogP contribution in [-0.4, -0.2) is 22.4 Å². The van der Waals surface area contributed by atoms with Crippen LogP contribution < -0.4 is 14.8 Å². The highest BCUT2D eigenvalue weighted by molar-refractivity contribution is 5.78. The Labute approximate surface area is 173 Å². The number of amides is 1. The minimum Gasteiger partial charge on any atom is -0.487 e. The Morgan fingerprint density at radius 1 is 1.07 bits per heavy atom. The van der Waals surface area contributed by atoms with Crippen molar-refractivity contribution < 1.29 is 19.2 Å². The van der Waals surface area contributed by atoms with Crippen LogP contribution in [0.15, 0.2) is 72.9 Å². The monoisotopic (exact) mass is 407 g/mol. The van der Waals surface area contributed by atoms with E-state index < -0.39 is 4.92 Å². The summed E-state index contributed by atoms with van der Waals surface area (Å²) in [5.41, 5.74) is 1.60. The van der Waals surface area contributed by atoms with Crippen LogP contribution >= 0.6 is 0 Å². The molecule has 0 radical (unpaired) electrons. The number of nitrogens with zero attached hydrogens (tertiary/aromatic N) is 2. The first-order valence-electron chi connectivity index (χ1n) is 9.30. The van der Waals surface area contributed by atoms with Crippen LogP contribution in [-0.2, 0) is 11.4 Å². The van der Waals surface area contributed by atoms with Gasteiger partial charge in [-0.05, 0) is 42.8 Å². The summed E-state index contributed by atoms with van der Waals surface area (Å²) in [6.07, 6.45) is 1.71. The van der Waals surface area contributed by atoms with Crippen LogP contribution in [0.3, 0.4) is 0 Å². The van der Waals surface area contributed by atoms with Crippen molar-refractivity contribution in [2.45, 2.75) is 19.6 Å². The molecule has 0 saturated carbocycles. The second kappa shape index (κ2) is 10.0. The third kappa shape index (κ3) is 6.03. The zero-order valence-corrected chi connectivity index (χ0v) is 16.4. The highest BCUT2D eigenvalue weighted by Gasteiger charge is 2.12. The van der Waals surface area contributed by atoms with Crippen LogP contribution in [0.2, 0.25) is 0 Å². The zero-order valence-electron chi connectivity index (χ0n) is 16.4. The van der Waals surface area contributed by atoms with E-state index in [1.54, 1.807) is 12.3 Å². The summed E-state index contributed by atoms with van der Waals surface area (Å²) in [4.78, 5) is 26.7. The van der Waals surface area contributed by atoms with Gasteiger partial charge in [-0.3, -0.25) is 19.9 Å². The highest BCUT2D eigenvalue weighted by Crippen LogP contribution is 2.21. The van der Waals surface area contributed by atoms with Crippen molar-refractivity contribution in [2.24, 2.45) is 0 Å². The Morgan fingerprint density at radius 2 is 1.83 bits per heavy atom. The molecule has 0 aliphatic rings. The van der Waals surface area contributed by atoms with Crippen LogP contribution in [0.1, 0.15) is 24.2 Å². The fourth-order valence-electron chi connectivity index (χ4n) is 2.72. The number of aromatic nitrogens is 1. The average Bonchev–Trinajstić information content (AvgIpc) is 2.77. The molecule has 30 heavy (non-hydrogen) atoms. The van der Waals surface area contributed by atoms with E-state index in [2.05, 4.69) is 10.3 Å². The number of carbonyl (C=O) groups excluding carboxylic acids is 1. The molecule has 0 spiro atoms. The third-order valence-electron chi connectivity index (χ3n) is 4.25. The van der Waals surface area contributed by atoms with Gasteiger partial charge in [0.1, 0.15) is 18.1 Å². The molecule has 8 heteroatoms. The van der Waals surface area contributed by atoms with Crippen LogP contribution in [0.4, 0.5) is 5.69 Å². The van der Waals surface area contributed by atoms with Gasteiger partial charge >= 0.3 is 0 Å². The van der Waals surface area contributed by atoms with Gasteiger partial charge in [-0.2, -0.15) is 0 Å². The van der Waals surface area contributed by atoms with Crippen molar-refractivity contribution >= 4 is 11.6 Å². The molecule has 1 heterocycles. The molecule has 0 saturated heterocycles. The molecule has 3 rings (SSSR count). The van der Waals surface area contributed by atoms with E-state index in [9.17, 15) is 14.9 Å². The van der Waals surface area contributed by atoms with Gasteiger partial charge < -0.3 is 14.8 Å². The van der Waals surface area contributed by atoms with Gasteiger partial charge in [-0.25, -0.2) is 0 Å². The number of benzene rings is 2. The maximum atomic E-state index is 12.2. The van der Waals surface area contributed by atoms with Gasteiger partial charge in [0.2, 0.25) is 0 Å². The SMILES string of the molecule is CC(NC(=O)COc1cccc([N+](=O)[O-])c1)c1cccc(OCc2ccccn2)c1. The molecule has 0 aliphatic carbocycles. The minimum atomic E-state index is -0.516. The summed E-state index contributed by atoms with van der Waals surface area (Å²) in [5.74, 6) is 0.595. The molecular weight excluding hydrogens is 386 g/mol. The topological polar surface area (TPSA) is 104 Å². The summed E-state index contributed by atoms with van der Waals surface area (Å²) >= 11 is 0. The molecule has 154 valence electrons. The summed E-state index contributed by atoms with van der Waals surface area (Å²) in [5, 5.41) is 13.6. The quantitative estimate of drug-likeness (QED) is 0.427. The second-order valence-corrected chi connectivity index (χ2v) is 6.51. The molecule has 1 N–H and O–H groups in total. The number of nitro groups is 1. The van der Waals surface area contributed by atoms with Crippen molar-refractivity contribution in [1.29, 1.82) is 0 Å². The summed E-state index contributed by atoms with van der Waals surface area (Å²) in [7, 11) is 0. The molecule has 1 amide bonds. The Balaban J connectivity index is 1.52. The molecule has 1 aromatic heterocycles. The molecule has 0 bridgehead atoms. The number of hydrogen-bond acceptors (Lipinski definition) is 6. The van der Waals surface area contributed by atoms with Crippen molar-refractivity contribution in [3.63, 3.8) is 0 Å². The smallest absolute Gasteiger partial charge is 0.273 e. The van der Waals surface area contributed by atoms with Crippen LogP contribution in [0, 0.1) is 10.1 Å². The molecule has 2 aromatic carbocycles. The summed E-state index contributed by atoms with van der Waals surface area (Å²) in [6, 6.07) is 18.5. The van der Waals surface area contributed by atoms with E-state index in [0.29, 0.717) is 12.4 Å². The largest absolute Gasteiger partial charge is 0.487 e. The molecule has 8 nitrogen and oxygen atoms in total. The second-order valence-electron chi connectivity index (χ2n) is 6.51. The fourth-order valence-corrected chi connectivity index (χ4v) is 2.72. The number of carbonyl (C=O) groups is 1. The predicted molar refractivity (Wildman–Crippen MR) is 110 cm³/mol. The minimum absolute atomic E-state index is 0.0937. The normalized spacial score (nSPS) is 11.4. The molecule has 1 unspecified atom stereocenters. The van der Waals surface area contributed by atoms with Crippen molar-refractivity contribution in [2.75, 3.05) is 6.61 Å². The van der Waals surface area contributed by atoms with E-state index in [-0.39, 0.29) is 30.0 Å². The van der Waals surface area contributed by atoms with Gasteiger partial charge in [0, 0.05) is 12.3 Å². The van der Waals surface area contributed by atoms with Gasteiger partial charge in [0.15, 0.2) is 6.61 Å². The predicted octanol–water partition coefficient (Wildman–Crippen LogP) is 3.83. The first kappa shape index (κ1) is 20.8. The maximum Gasteiger partial charge on any atom is 0.273 e. The summed E-state index contributed by atoms with van der Waals surface area (Å²) in [6.45, 7) is 1.95. The summed E-state index contributed by atoms with van der Waals surface area (Å²) < 4.78 is 11.1. The molecule has 3 aromatic rings. The lowest BCUT2D eigenvalue weighted by atomic mass is 10.1. The van der Waals surface area contributed by atoms with E-state index in [1.807, 2.05) is 49.4 Å². The number of ether oxygens (including phenoxy) is 2. The highest BCUT2D eigenvalue weighted by atomic mass is 16.6. The zero-order chi connectivity index (χ0) is 21.3. The lowest BCUT2D eigenvalue weighted by Crippen LogP contribution is -2.31. The van der Waals surface area contributed by atoms with Gasteiger partial charge in [0.25, 0.3) is 11.6 Å². The molecule has 1 atom stereocenters. The Morgan fingerprint density at radius 3 is 2.57 bits per heavy atom. The standard InChI is InChI=1S/C22H21N3O5/c1-16(24-22(26)15-30-21-10-5-8-19(13-21)25(27)28)17-6-4-9-20(12-17)29-14-18-7-2-3-11-23-18/h2-13,16H,14-15H2,1H3,(H,24,26). The fraction of sp³-hybridized carbons (Fsp3) is 0.182. The van der Waals surface area contributed by atoms with Gasteiger partial charge in [0.05, 0.1) is 22.7 Å². The van der Waals surface area contributed by atoms with Crippen LogP contribution in [0.25, 0.3) is 0 Å². The van der Waals surface area contributed by atoms with Crippen molar-refractivity contribution in [3.05, 3.63) is 94.3 Å². The number of rotatable bonds is 9. The third-order valence-corrected chi connectivity index (χ3v) is 4.25. The Bertz CT molecular complexity index is 1010. The molecule has 0 fully saturated rings. The number of hydrogen-bond donors (Lipinski definition) is 1. The average molecular weight is 407 g/mol. The van der Waals surface area contributed by atoms with Gasteiger partial charge in [-0.15, -0.1) is 0 Å². The number of pyridine rings is 1. The van der Waals surface area contributed by atoms with E-state index in [0.717, 1.165) is 11.3 Å². The van der Waals surface area contributed by atoms with Gasteiger partial charge in [-0.1, -0.05) is 24.3 Å². The maximum absolute atomic E-state index is 12.2.